The van der Waals surface area contributed by atoms with Crippen molar-refractivity contribution < 1.29 is 31.7 Å². The van der Waals surface area contributed by atoms with Crippen LogP contribution in [0.25, 0.3) is 22.3 Å². The molecule has 1 aliphatic carbocycles. The third kappa shape index (κ3) is 5.39. The van der Waals surface area contributed by atoms with E-state index in [0.29, 0.717) is 39.9 Å². The first-order valence-electron chi connectivity index (χ1n) is 12.5. The van der Waals surface area contributed by atoms with Gasteiger partial charge in [-0.2, -0.15) is 0 Å². The van der Waals surface area contributed by atoms with Crippen LogP contribution in [0.15, 0.2) is 40.8 Å². The van der Waals surface area contributed by atoms with E-state index in [-0.39, 0.29) is 36.9 Å². The number of furan rings is 1. The molecule has 37 heavy (non-hydrogen) atoms. The lowest BCUT2D eigenvalue weighted by atomic mass is 9.82. The van der Waals surface area contributed by atoms with Gasteiger partial charge >= 0.3 is 7.12 Å². The van der Waals surface area contributed by atoms with Gasteiger partial charge in [-0.25, -0.2) is 12.8 Å². The molecule has 1 aliphatic heterocycles. The molecule has 0 bridgehead atoms. The molecule has 2 fully saturated rings. The fourth-order valence-electron chi connectivity index (χ4n) is 4.89. The predicted molar refractivity (Wildman–Crippen MR) is 141 cm³/mol. The van der Waals surface area contributed by atoms with Gasteiger partial charge in [0.1, 0.15) is 17.2 Å². The molecule has 1 saturated heterocycles. The Balaban J connectivity index is 1.69. The quantitative estimate of drug-likeness (QED) is 0.426. The molecule has 1 saturated carbocycles. The normalized spacial score (nSPS) is 18.1. The number of carbonyl (C=O) groups is 1. The van der Waals surface area contributed by atoms with Crippen molar-refractivity contribution in [1.29, 1.82) is 0 Å². The molecule has 5 rings (SSSR count). The zero-order valence-corrected chi connectivity index (χ0v) is 21.8. The maximum atomic E-state index is 13.6. The Kier molecular flexibility index (Phi) is 6.80. The predicted octanol–water partition coefficient (Wildman–Crippen LogP) is 4.15. The molecule has 1 unspecified atom stereocenters. The van der Waals surface area contributed by atoms with Crippen LogP contribution in [0, 0.1) is 11.7 Å². The summed E-state index contributed by atoms with van der Waals surface area (Å²) in [7, 11) is -4.58. The number of halogens is 1. The van der Waals surface area contributed by atoms with Crippen molar-refractivity contribution in [3.05, 3.63) is 53.3 Å². The lowest BCUT2D eigenvalue weighted by molar-refractivity contribution is 0.0944. The Morgan fingerprint density at radius 2 is 1.95 bits per heavy atom. The minimum Gasteiger partial charge on any atom is -0.455 e. The van der Waals surface area contributed by atoms with Gasteiger partial charge in [0, 0.05) is 36.2 Å². The number of hydrogen-bond acceptors (Lipinski definition) is 6. The molecule has 0 spiro atoms. The van der Waals surface area contributed by atoms with E-state index in [1.54, 1.807) is 18.2 Å². The molecule has 1 amide bonds. The number of hydrogen-bond donors (Lipinski definition) is 2. The van der Waals surface area contributed by atoms with Crippen molar-refractivity contribution in [3.8, 4) is 11.3 Å². The van der Waals surface area contributed by atoms with Crippen molar-refractivity contribution in [2.24, 2.45) is 5.92 Å². The van der Waals surface area contributed by atoms with E-state index in [1.807, 2.05) is 19.9 Å². The molecule has 2 aromatic carbocycles. The molecule has 11 heteroatoms. The number of sulfonamides is 1. The highest BCUT2D eigenvalue weighted by atomic mass is 32.2. The number of anilines is 1. The molecule has 8 nitrogen and oxygen atoms in total. The third-order valence-electron chi connectivity index (χ3n) is 6.76. The molecule has 2 N–H and O–H groups in total. The maximum Gasteiger partial charge on any atom is 0.454 e. The number of nitrogens with zero attached hydrogens (tertiary/aromatic N) is 1. The standard InChI is InChI=1S/C26H30BFN2O6S/c1-15(2)29-26(31)24-21-10-20(17-4-5-17)22(30(37(3,33)34)13-16-12-27(32)35-14-16)11-23(21)36-25(24)18-6-8-19(28)9-7-18/h6-11,15-17,32H,4-5,12-14H2,1-3H3,(H,29,31). The highest BCUT2D eigenvalue weighted by molar-refractivity contribution is 7.92. The molecular formula is C26H30BFN2O6S. The van der Waals surface area contributed by atoms with Gasteiger partial charge in [-0.05, 0) is 80.7 Å². The van der Waals surface area contributed by atoms with Crippen molar-refractivity contribution in [3.63, 3.8) is 0 Å². The van der Waals surface area contributed by atoms with Crippen LogP contribution in [0.5, 0.6) is 0 Å². The summed E-state index contributed by atoms with van der Waals surface area (Å²) >= 11 is 0. The highest BCUT2D eigenvalue weighted by Gasteiger charge is 2.36. The maximum absolute atomic E-state index is 13.6. The van der Waals surface area contributed by atoms with Gasteiger partial charge in [0.15, 0.2) is 0 Å². The van der Waals surface area contributed by atoms with E-state index in [9.17, 15) is 22.6 Å². The summed E-state index contributed by atoms with van der Waals surface area (Å²) in [5, 5.41) is 13.3. The number of rotatable bonds is 8. The summed E-state index contributed by atoms with van der Waals surface area (Å²) < 4.78 is 52.4. The molecule has 196 valence electrons. The van der Waals surface area contributed by atoms with Gasteiger partial charge in [-0.1, -0.05) is 0 Å². The number of nitrogens with one attached hydrogen (secondary N) is 1. The topological polar surface area (TPSA) is 109 Å². The highest BCUT2D eigenvalue weighted by Crippen LogP contribution is 2.48. The summed E-state index contributed by atoms with van der Waals surface area (Å²) in [6, 6.07) is 9.15. The van der Waals surface area contributed by atoms with Crippen LogP contribution in [0.2, 0.25) is 6.32 Å². The number of amides is 1. The lowest BCUT2D eigenvalue weighted by Crippen LogP contribution is -2.35. The van der Waals surface area contributed by atoms with E-state index in [0.717, 1.165) is 24.7 Å². The molecule has 2 heterocycles. The van der Waals surface area contributed by atoms with E-state index in [1.165, 1.54) is 16.4 Å². The van der Waals surface area contributed by atoms with Crippen molar-refractivity contribution in [2.45, 2.75) is 45.0 Å². The smallest absolute Gasteiger partial charge is 0.454 e. The van der Waals surface area contributed by atoms with Gasteiger partial charge in [-0.15, -0.1) is 0 Å². The fraction of sp³-hybridized carbons (Fsp3) is 0.423. The number of fused-ring (bicyclic) bond motifs is 1. The number of carbonyl (C=O) groups excluding carboxylic acids is 1. The van der Waals surface area contributed by atoms with Gasteiger partial charge in [0.05, 0.1) is 17.5 Å². The van der Waals surface area contributed by atoms with Gasteiger partial charge in [-0.3, -0.25) is 9.10 Å². The third-order valence-corrected chi connectivity index (χ3v) is 7.91. The molecule has 1 atom stereocenters. The van der Waals surface area contributed by atoms with E-state index in [2.05, 4.69) is 5.32 Å². The van der Waals surface area contributed by atoms with Crippen LogP contribution in [0.1, 0.15) is 48.5 Å². The van der Waals surface area contributed by atoms with Gasteiger partial charge in [0.25, 0.3) is 5.91 Å². The first-order valence-corrected chi connectivity index (χ1v) is 14.3. The Morgan fingerprint density at radius 3 is 2.51 bits per heavy atom. The summed E-state index contributed by atoms with van der Waals surface area (Å²) in [5.74, 6) is -0.425. The number of benzene rings is 2. The van der Waals surface area contributed by atoms with Gasteiger partial charge < -0.3 is 19.4 Å². The molecule has 2 aliphatic rings. The fourth-order valence-corrected chi connectivity index (χ4v) is 5.89. The first kappa shape index (κ1) is 25.8. The average Bonchev–Trinajstić information content (AvgIpc) is 3.47. The summed E-state index contributed by atoms with van der Waals surface area (Å²) in [5.41, 5.74) is 2.58. The zero-order chi connectivity index (χ0) is 26.5. The first-order chi connectivity index (χ1) is 17.5. The van der Waals surface area contributed by atoms with Crippen LogP contribution >= 0.6 is 0 Å². The van der Waals surface area contributed by atoms with Crippen molar-refractivity contribution >= 4 is 39.7 Å². The van der Waals surface area contributed by atoms with E-state index in [4.69, 9.17) is 9.07 Å². The van der Waals surface area contributed by atoms with E-state index < -0.39 is 23.0 Å². The molecular weight excluding hydrogens is 498 g/mol. The Labute approximate surface area is 216 Å². The zero-order valence-electron chi connectivity index (χ0n) is 21.0. The minimum absolute atomic E-state index is 0.120. The Morgan fingerprint density at radius 1 is 1.24 bits per heavy atom. The molecule has 3 aromatic rings. The second-order valence-electron chi connectivity index (χ2n) is 10.3. The van der Waals surface area contributed by atoms with Crippen LogP contribution < -0.4 is 9.62 Å². The lowest BCUT2D eigenvalue weighted by Gasteiger charge is -2.27. The monoisotopic (exact) mass is 528 g/mol. The Bertz CT molecular complexity index is 1440. The average molecular weight is 528 g/mol. The SMILES string of the molecule is CC(C)NC(=O)c1c(-c2ccc(F)cc2)oc2cc(N(CC3COB(O)C3)S(C)(=O)=O)c(C3CC3)cc12. The molecule has 0 radical (unpaired) electrons. The second-order valence-corrected chi connectivity index (χ2v) is 12.2. The van der Waals surface area contributed by atoms with Crippen LogP contribution in [-0.4, -0.2) is 51.9 Å². The van der Waals surface area contributed by atoms with Crippen molar-refractivity contribution in [2.75, 3.05) is 23.7 Å². The van der Waals surface area contributed by atoms with Gasteiger partial charge in [0.2, 0.25) is 10.0 Å². The van der Waals surface area contributed by atoms with Crippen LogP contribution in [-0.2, 0) is 14.7 Å². The van der Waals surface area contributed by atoms with Crippen LogP contribution in [0.4, 0.5) is 10.1 Å². The summed E-state index contributed by atoms with van der Waals surface area (Å²) in [6.07, 6.45) is 3.34. The van der Waals surface area contributed by atoms with E-state index >= 15 is 0 Å². The summed E-state index contributed by atoms with van der Waals surface area (Å²) in [6.45, 7) is 4.15. The minimum atomic E-state index is -3.68. The molecule has 1 aromatic heterocycles. The second kappa shape index (κ2) is 9.77. The summed E-state index contributed by atoms with van der Waals surface area (Å²) in [4.78, 5) is 13.3. The Hall–Kier alpha value is -2.89. The van der Waals surface area contributed by atoms with Crippen molar-refractivity contribution in [1.82, 2.24) is 5.32 Å². The largest absolute Gasteiger partial charge is 0.455 e. The van der Waals surface area contributed by atoms with Crippen LogP contribution in [0.3, 0.4) is 0 Å².